The standard InChI is InChI=1S/C11H12ClN3/c1-6-3-4-9-8(5-6)10(7(2)13)15-11(12)14-9/h3-5,7H,13H2,1-2H3. The third-order valence-corrected chi connectivity index (χ3v) is 2.45. The van der Waals surface area contributed by atoms with E-state index in [2.05, 4.69) is 9.97 Å². The van der Waals surface area contributed by atoms with Crippen LogP contribution in [-0.2, 0) is 0 Å². The number of nitrogens with two attached hydrogens (primary N) is 1. The van der Waals surface area contributed by atoms with E-state index in [1.807, 2.05) is 32.0 Å². The molecule has 1 heterocycles. The van der Waals surface area contributed by atoms with E-state index < -0.39 is 0 Å². The lowest BCUT2D eigenvalue weighted by Crippen LogP contribution is -2.09. The number of hydrogen-bond donors (Lipinski definition) is 1. The van der Waals surface area contributed by atoms with Gasteiger partial charge in [0.05, 0.1) is 11.2 Å². The van der Waals surface area contributed by atoms with Crippen molar-refractivity contribution in [1.29, 1.82) is 0 Å². The first-order valence-electron chi connectivity index (χ1n) is 4.77. The summed E-state index contributed by atoms with van der Waals surface area (Å²) >= 11 is 5.83. The smallest absolute Gasteiger partial charge is 0.223 e. The predicted octanol–water partition coefficient (Wildman–Crippen LogP) is 2.61. The van der Waals surface area contributed by atoms with Crippen LogP contribution in [0.2, 0.25) is 5.28 Å². The van der Waals surface area contributed by atoms with Crippen LogP contribution in [0.15, 0.2) is 18.2 Å². The molecule has 0 radical (unpaired) electrons. The normalized spacial score (nSPS) is 13.1. The van der Waals surface area contributed by atoms with Gasteiger partial charge in [-0.2, -0.15) is 0 Å². The lowest BCUT2D eigenvalue weighted by molar-refractivity contribution is 0.787. The highest BCUT2D eigenvalue weighted by molar-refractivity contribution is 6.28. The summed E-state index contributed by atoms with van der Waals surface area (Å²) in [6.45, 7) is 3.92. The Morgan fingerprint density at radius 2 is 2.07 bits per heavy atom. The fraction of sp³-hybridized carbons (Fsp3) is 0.273. The van der Waals surface area contributed by atoms with Gasteiger partial charge in [0.25, 0.3) is 0 Å². The van der Waals surface area contributed by atoms with E-state index in [0.29, 0.717) is 0 Å². The van der Waals surface area contributed by atoms with Crippen molar-refractivity contribution in [2.75, 3.05) is 0 Å². The van der Waals surface area contributed by atoms with Crippen molar-refractivity contribution in [2.24, 2.45) is 5.73 Å². The first-order chi connectivity index (χ1) is 7.08. The zero-order chi connectivity index (χ0) is 11.0. The number of nitrogens with zero attached hydrogens (tertiary/aromatic N) is 2. The second kappa shape index (κ2) is 3.76. The first kappa shape index (κ1) is 10.3. The third-order valence-electron chi connectivity index (χ3n) is 2.28. The number of halogens is 1. The van der Waals surface area contributed by atoms with Crippen LogP contribution >= 0.6 is 11.6 Å². The fourth-order valence-corrected chi connectivity index (χ4v) is 1.77. The van der Waals surface area contributed by atoms with Crippen LogP contribution in [0.4, 0.5) is 0 Å². The van der Waals surface area contributed by atoms with E-state index in [4.69, 9.17) is 17.3 Å². The Morgan fingerprint density at radius 1 is 1.33 bits per heavy atom. The molecule has 0 bridgehead atoms. The summed E-state index contributed by atoms with van der Waals surface area (Å²) in [4.78, 5) is 8.33. The van der Waals surface area contributed by atoms with Crippen LogP contribution in [0.25, 0.3) is 10.9 Å². The SMILES string of the molecule is Cc1ccc2nc(Cl)nc(C(C)N)c2c1. The maximum atomic E-state index is 5.85. The molecule has 3 nitrogen and oxygen atoms in total. The monoisotopic (exact) mass is 221 g/mol. The molecule has 0 saturated heterocycles. The lowest BCUT2D eigenvalue weighted by atomic mass is 10.1. The largest absolute Gasteiger partial charge is 0.323 e. The number of rotatable bonds is 1. The maximum Gasteiger partial charge on any atom is 0.223 e. The van der Waals surface area contributed by atoms with Crippen LogP contribution < -0.4 is 5.73 Å². The minimum atomic E-state index is -0.144. The molecule has 1 unspecified atom stereocenters. The fourth-order valence-electron chi connectivity index (χ4n) is 1.58. The van der Waals surface area contributed by atoms with Gasteiger partial charge in [0.1, 0.15) is 0 Å². The summed E-state index contributed by atoms with van der Waals surface area (Å²) in [7, 11) is 0. The molecule has 1 aromatic heterocycles. The van der Waals surface area contributed by atoms with Crippen molar-refractivity contribution < 1.29 is 0 Å². The first-order valence-corrected chi connectivity index (χ1v) is 5.15. The number of aromatic nitrogens is 2. The molecule has 2 rings (SSSR count). The summed E-state index contributed by atoms with van der Waals surface area (Å²) in [5.41, 5.74) is 8.65. The molecule has 2 N–H and O–H groups in total. The summed E-state index contributed by atoms with van der Waals surface area (Å²) in [5.74, 6) is 0. The van der Waals surface area contributed by atoms with Crippen molar-refractivity contribution in [3.63, 3.8) is 0 Å². The average molecular weight is 222 g/mol. The molecule has 1 aromatic carbocycles. The van der Waals surface area contributed by atoms with Crippen molar-refractivity contribution in [1.82, 2.24) is 9.97 Å². The Hall–Kier alpha value is -1.19. The Balaban J connectivity index is 2.81. The molecule has 0 aliphatic carbocycles. The highest BCUT2D eigenvalue weighted by Crippen LogP contribution is 2.22. The zero-order valence-corrected chi connectivity index (χ0v) is 9.42. The van der Waals surface area contributed by atoms with Gasteiger partial charge < -0.3 is 5.73 Å². The molecule has 0 saturated carbocycles. The van der Waals surface area contributed by atoms with Gasteiger partial charge in [0.15, 0.2) is 0 Å². The van der Waals surface area contributed by atoms with Crippen molar-refractivity contribution >= 4 is 22.5 Å². The predicted molar refractivity (Wildman–Crippen MR) is 61.9 cm³/mol. The maximum absolute atomic E-state index is 5.85. The molecule has 0 aliphatic heterocycles. The van der Waals surface area contributed by atoms with E-state index in [-0.39, 0.29) is 11.3 Å². The minimum absolute atomic E-state index is 0.144. The van der Waals surface area contributed by atoms with Gasteiger partial charge in [-0.25, -0.2) is 9.97 Å². The molecule has 1 atom stereocenters. The van der Waals surface area contributed by atoms with Crippen LogP contribution in [-0.4, -0.2) is 9.97 Å². The zero-order valence-electron chi connectivity index (χ0n) is 8.66. The second-order valence-electron chi connectivity index (χ2n) is 3.69. The summed E-state index contributed by atoms with van der Waals surface area (Å²) in [5, 5.41) is 1.23. The minimum Gasteiger partial charge on any atom is -0.323 e. The Morgan fingerprint density at radius 3 is 2.73 bits per heavy atom. The second-order valence-corrected chi connectivity index (χ2v) is 4.03. The topological polar surface area (TPSA) is 51.8 Å². The van der Waals surface area contributed by atoms with Crippen molar-refractivity contribution in [3.8, 4) is 0 Å². The lowest BCUT2D eigenvalue weighted by Gasteiger charge is -2.09. The quantitative estimate of drug-likeness (QED) is 0.754. The Bertz CT molecular complexity index is 508. The molecule has 0 aliphatic rings. The molecule has 0 fully saturated rings. The molecule has 0 spiro atoms. The van der Waals surface area contributed by atoms with E-state index in [1.165, 1.54) is 0 Å². The highest BCUT2D eigenvalue weighted by Gasteiger charge is 2.10. The molecule has 15 heavy (non-hydrogen) atoms. The van der Waals surface area contributed by atoms with Gasteiger partial charge >= 0.3 is 0 Å². The third kappa shape index (κ3) is 1.94. The average Bonchev–Trinajstić information content (AvgIpc) is 2.17. The van der Waals surface area contributed by atoms with Crippen molar-refractivity contribution in [2.45, 2.75) is 19.9 Å². The highest BCUT2D eigenvalue weighted by atomic mass is 35.5. The van der Waals surface area contributed by atoms with Gasteiger partial charge in [-0.1, -0.05) is 11.6 Å². The van der Waals surface area contributed by atoms with Crippen LogP contribution in [0.5, 0.6) is 0 Å². The van der Waals surface area contributed by atoms with E-state index in [9.17, 15) is 0 Å². The molecule has 0 amide bonds. The Labute approximate surface area is 93.3 Å². The number of aryl methyl sites for hydroxylation is 1. The number of fused-ring (bicyclic) bond motifs is 1. The molecule has 78 valence electrons. The van der Waals surface area contributed by atoms with Gasteiger partial charge in [-0.15, -0.1) is 0 Å². The summed E-state index contributed by atoms with van der Waals surface area (Å²) < 4.78 is 0. The number of benzene rings is 1. The van der Waals surface area contributed by atoms with Crippen LogP contribution in [0.3, 0.4) is 0 Å². The van der Waals surface area contributed by atoms with Crippen molar-refractivity contribution in [3.05, 3.63) is 34.7 Å². The number of hydrogen-bond acceptors (Lipinski definition) is 3. The Kier molecular flexibility index (Phi) is 2.59. The van der Waals surface area contributed by atoms with Gasteiger partial charge in [0, 0.05) is 11.4 Å². The van der Waals surface area contributed by atoms with Gasteiger partial charge in [-0.05, 0) is 37.6 Å². The van der Waals surface area contributed by atoms with Crippen LogP contribution in [0, 0.1) is 6.92 Å². The molecule has 4 heteroatoms. The van der Waals surface area contributed by atoms with Gasteiger partial charge in [-0.3, -0.25) is 0 Å². The van der Waals surface area contributed by atoms with Crippen LogP contribution in [0.1, 0.15) is 24.2 Å². The van der Waals surface area contributed by atoms with Gasteiger partial charge in [0.2, 0.25) is 5.28 Å². The summed E-state index contributed by atoms with van der Waals surface area (Å²) in [6.07, 6.45) is 0. The van der Waals surface area contributed by atoms with E-state index >= 15 is 0 Å². The summed E-state index contributed by atoms with van der Waals surface area (Å²) in [6, 6.07) is 5.82. The van der Waals surface area contributed by atoms with E-state index in [1.54, 1.807) is 0 Å². The van der Waals surface area contributed by atoms with E-state index in [0.717, 1.165) is 22.2 Å². The molecular weight excluding hydrogens is 210 g/mol. The molecule has 2 aromatic rings. The molecular formula is C11H12ClN3.